The molecule has 0 saturated carbocycles. The summed E-state index contributed by atoms with van der Waals surface area (Å²) in [5.74, 6) is -0.727. The molecule has 6 nitrogen and oxygen atoms in total. The molecule has 0 spiro atoms. The van der Waals surface area contributed by atoms with Gasteiger partial charge in [-0.1, -0.05) is 28.9 Å². The van der Waals surface area contributed by atoms with E-state index in [0.717, 1.165) is 0 Å². The van der Waals surface area contributed by atoms with Crippen LogP contribution >= 0.6 is 15.9 Å². The van der Waals surface area contributed by atoms with E-state index in [1.807, 2.05) is 0 Å². The molecular weight excluding hydrogens is 444 g/mol. The number of sulfone groups is 2. The maximum atomic E-state index is 13.0. The second kappa shape index (κ2) is 6.47. The fourth-order valence-electron chi connectivity index (χ4n) is 2.75. The minimum atomic E-state index is -4.00. The normalized spacial score (nSPS) is 17.7. The number of esters is 1. The monoisotopic (exact) mass is 458 g/mol. The van der Waals surface area contributed by atoms with Gasteiger partial charge in [-0.05, 0) is 35.9 Å². The quantitative estimate of drug-likeness (QED) is 0.559. The number of hydrogen-bond acceptors (Lipinski definition) is 6. The number of hydrogen-bond donors (Lipinski definition) is 0. The Kier molecular flexibility index (Phi) is 4.74. The zero-order valence-electron chi connectivity index (χ0n) is 13.9. The Hall–Kier alpha value is -1.71. The van der Waals surface area contributed by atoms with Crippen LogP contribution in [0.15, 0.2) is 60.5 Å². The summed E-state index contributed by atoms with van der Waals surface area (Å²) in [6.45, 7) is 3.12. The molecule has 0 saturated heterocycles. The van der Waals surface area contributed by atoms with Crippen LogP contribution in [-0.2, 0) is 29.2 Å². The fourth-order valence-corrected chi connectivity index (χ4v) is 7.44. The molecule has 3 rings (SSSR count). The molecule has 138 valence electrons. The van der Waals surface area contributed by atoms with Crippen LogP contribution in [0.5, 0.6) is 0 Å². The van der Waals surface area contributed by atoms with Crippen LogP contribution in [-0.4, -0.2) is 29.4 Å². The van der Waals surface area contributed by atoms with Gasteiger partial charge in [0.1, 0.15) is 0 Å². The minimum absolute atomic E-state index is 0.0725. The number of carbonyl (C=O) groups excluding carboxylic acids is 1. The predicted molar refractivity (Wildman–Crippen MR) is 96.5 cm³/mol. The van der Waals surface area contributed by atoms with Gasteiger partial charge in [-0.2, -0.15) is 0 Å². The molecule has 1 unspecified atom stereocenters. The molecule has 0 bridgehead atoms. The molecule has 2 aromatic rings. The van der Waals surface area contributed by atoms with Crippen LogP contribution in [0.25, 0.3) is 0 Å². The molecule has 2 aromatic carbocycles. The maximum Gasteiger partial charge on any atom is 0.302 e. The number of carbonyl (C=O) groups is 1. The third-order valence-electron chi connectivity index (χ3n) is 4.14. The summed E-state index contributed by atoms with van der Waals surface area (Å²) in [6.07, 6.45) is 0. The molecule has 0 N–H and O–H groups in total. The van der Waals surface area contributed by atoms with Crippen molar-refractivity contribution < 1.29 is 26.4 Å². The van der Waals surface area contributed by atoms with Crippen molar-refractivity contribution in [2.75, 3.05) is 6.61 Å². The van der Waals surface area contributed by atoms with Crippen molar-refractivity contribution >= 4 is 41.6 Å². The number of fused-ring (bicyclic) bond motifs is 2. The molecule has 1 heterocycles. The molecule has 0 aromatic heterocycles. The Balaban J connectivity index is 2.19. The van der Waals surface area contributed by atoms with Crippen LogP contribution < -0.4 is 0 Å². The van der Waals surface area contributed by atoms with Crippen LogP contribution in [0.2, 0.25) is 0 Å². The summed E-state index contributed by atoms with van der Waals surface area (Å²) in [4.78, 5) is 10.00. The van der Waals surface area contributed by atoms with Gasteiger partial charge in [0.05, 0.1) is 26.2 Å². The van der Waals surface area contributed by atoms with Gasteiger partial charge in [0, 0.05) is 17.3 Å². The zero-order chi connectivity index (χ0) is 19.3. The average molecular weight is 459 g/mol. The van der Waals surface area contributed by atoms with Gasteiger partial charge in [-0.3, -0.25) is 4.79 Å². The highest BCUT2D eigenvalue weighted by molar-refractivity contribution is 9.10. The molecule has 0 fully saturated rings. The number of rotatable bonds is 3. The van der Waals surface area contributed by atoms with Gasteiger partial charge >= 0.3 is 5.97 Å². The van der Waals surface area contributed by atoms with E-state index in [4.69, 9.17) is 4.74 Å². The Bertz CT molecular complexity index is 1120. The topological polar surface area (TPSA) is 94.6 Å². The molecule has 1 aliphatic rings. The first-order valence-electron chi connectivity index (χ1n) is 7.62. The van der Waals surface area contributed by atoms with E-state index in [2.05, 4.69) is 15.9 Å². The highest BCUT2D eigenvalue weighted by Crippen LogP contribution is 2.42. The van der Waals surface area contributed by atoms with Gasteiger partial charge in [-0.15, -0.1) is 0 Å². The van der Waals surface area contributed by atoms with E-state index >= 15 is 0 Å². The molecule has 26 heavy (non-hydrogen) atoms. The van der Waals surface area contributed by atoms with Gasteiger partial charge in [0.25, 0.3) is 0 Å². The maximum absolute atomic E-state index is 13.0. The van der Waals surface area contributed by atoms with Crippen LogP contribution in [0.4, 0.5) is 0 Å². The van der Waals surface area contributed by atoms with Crippen molar-refractivity contribution in [2.24, 2.45) is 0 Å². The van der Waals surface area contributed by atoms with E-state index < -0.39 is 25.6 Å². The highest BCUT2D eigenvalue weighted by atomic mass is 79.9. The van der Waals surface area contributed by atoms with Crippen LogP contribution in [0.1, 0.15) is 25.3 Å². The molecule has 0 radical (unpaired) electrons. The second-order valence-electron chi connectivity index (χ2n) is 6.01. The standard InChI is InChI=1S/C17H15BrO6S2/c1-10(9-24-11(2)19)12-3-5-14-16(7-12)26(22,23)17-8-13(18)4-6-15(17)25(14,20)21/h3-8,10H,9H2,1-2H3. The molecule has 0 aliphatic carbocycles. The van der Waals surface area contributed by atoms with E-state index in [9.17, 15) is 21.6 Å². The number of ether oxygens (including phenoxy) is 1. The Morgan fingerprint density at radius 3 is 2.12 bits per heavy atom. The van der Waals surface area contributed by atoms with Gasteiger partial charge in [-0.25, -0.2) is 16.8 Å². The van der Waals surface area contributed by atoms with Gasteiger partial charge < -0.3 is 4.74 Å². The lowest BCUT2D eigenvalue weighted by atomic mass is 10.0. The summed E-state index contributed by atoms with van der Waals surface area (Å²) in [7, 11) is -7.94. The Morgan fingerprint density at radius 2 is 1.50 bits per heavy atom. The molecular formula is C17H15BrO6S2. The largest absolute Gasteiger partial charge is 0.465 e. The zero-order valence-corrected chi connectivity index (χ0v) is 17.1. The minimum Gasteiger partial charge on any atom is -0.465 e. The first kappa shape index (κ1) is 19.1. The molecule has 1 aliphatic heterocycles. The second-order valence-corrected chi connectivity index (χ2v) is 10.7. The lowest BCUT2D eigenvalue weighted by Gasteiger charge is -2.22. The van der Waals surface area contributed by atoms with Crippen molar-refractivity contribution in [1.29, 1.82) is 0 Å². The lowest BCUT2D eigenvalue weighted by molar-refractivity contribution is -0.141. The van der Waals surface area contributed by atoms with E-state index in [-0.39, 0.29) is 32.1 Å². The van der Waals surface area contributed by atoms with Crippen molar-refractivity contribution in [1.82, 2.24) is 0 Å². The smallest absolute Gasteiger partial charge is 0.302 e. The third kappa shape index (κ3) is 3.08. The van der Waals surface area contributed by atoms with E-state index in [1.165, 1.54) is 37.3 Å². The average Bonchev–Trinajstić information content (AvgIpc) is 2.57. The van der Waals surface area contributed by atoms with E-state index in [1.54, 1.807) is 13.0 Å². The van der Waals surface area contributed by atoms with Crippen molar-refractivity contribution in [3.8, 4) is 0 Å². The molecule has 0 amide bonds. The van der Waals surface area contributed by atoms with Crippen LogP contribution in [0.3, 0.4) is 0 Å². The van der Waals surface area contributed by atoms with Crippen molar-refractivity contribution in [2.45, 2.75) is 39.3 Å². The van der Waals surface area contributed by atoms with E-state index in [0.29, 0.717) is 10.0 Å². The summed E-state index contributed by atoms with van der Waals surface area (Å²) in [6, 6.07) is 8.26. The first-order chi connectivity index (χ1) is 12.0. The molecule has 9 heteroatoms. The summed E-state index contributed by atoms with van der Waals surface area (Å²) in [5.41, 5.74) is 0.572. The van der Waals surface area contributed by atoms with Crippen LogP contribution in [0, 0.1) is 0 Å². The van der Waals surface area contributed by atoms with Crippen molar-refractivity contribution in [3.63, 3.8) is 0 Å². The molecule has 1 atom stereocenters. The first-order valence-corrected chi connectivity index (χ1v) is 11.4. The fraction of sp³-hybridized carbons (Fsp3) is 0.235. The predicted octanol–water partition coefficient (Wildman–Crippen LogP) is 3.09. The van der Waals surface area contributed by atoms with Gasteiger partial charge in [0.15, 0.2) is 0 Å². The highest BCUT2D eigenvalue weighted by Gasteiger charge is 2.39. The summed E-state index contributed by atoms with van der Waals surface area (Å²) < 4.78 is 57.1. The number of benzene rings is 2. The Morgan fingerprint density at radius 1 is 0.962 bits per heavy atom. The third-order valence-corrected chi connectivity index (χ3v) is 8.59. The Labute approximate surface area is 160 Å². The van der Waals surface area contributed by atoms with Gasteiger partial charge in [0.2, 0.25) is 19.7 Å². The lowest BCUT2D eigenvalue weighted by Crippen LogP contribution is -2.20. The summed E-state index contributed by atoms with van der Waals surface area (Å²) >= 11 is 3.18. The summed E-state index contributed by atoms with van der Waals surface area (Å²) in [5, 5.41) is 0. The SMILES string of the molecule is CC(=O)OCC(C)c1ccc2c(c1)S(=O)(=O)c1cc(Br)ccc1S2(=O)=O. The number of halogens is 1. The van der Waals surface area contributed by atoms with Crippen molar-refractivity contribution in [3.05, 3.63) is 46.4 Å².